The molecule has 0 bridgehead atoms. The molecule has 88 valence electrons. The molecule has 2 rings (SSSR count). The van der Waals surface area contributed by atoms with Gasteiger partial charge in [0.2, 0.25) is 5.28 Å². The van der Waals surface area contributed by atoms with E-state index in [1.165, 1.54) is 11.1 Å². The highest BCUT2D eigenvalue weighted by atomic mass is 79.9. The van der Waals surface area contributed by atoms with Crippen LogP contribution in [0.25, 0.3) is 0 Å². The molecular formula is C12H11BrClN3. The second-order valence-corrected chi connectivity index (χ2v) is 4.89. The fraction of sp³-hybridized carbons (Fsp3) is 0.167. The molecule has 2 aromatic rings. The molecular weight excluding hydrogens is 302 g/mol. The van der Waals surface area contributed by atoms with Gasteiger partial charge in [-0.1, -0.05) is 15.9 Å². The molecule has 0 unspecified atom stereocenters. The molecule has 0 aliphatic rings. The summed E-state index contributed by atoms with van der Waals surface area (Å²) in [5.74, 6) is 0.686. The van der Waals surface area contributed by atoms with Crippen LogP contribution in [0.3, 0.4) is 0 Å². The van der Waals surface area contributed by atoms with E-state index in [9.17, 15) is 0 Å². The summed E-state index contributed by atoms with van der Waals surface area (Å²) < 4.78 is 1.13. The van der Waals surface area contributed by atoms with Crippen LogP contribution in [0.1, 0.15) is 11.1 Å². The Morgan fingerprint density at radius 3 is 2.47 bits per heavy atom. The van der Waals surface area contributed by atoms with Crippen LogP contribution >= 0.6 is 27.5 Å². The van der Waals surface area contributed by atoms with Crippen molar-refractivity contribution in [1.29, 1.82) is 0 Å². The normalized spacial score (nSPS) is 10.4. The molecule has 0 aliphatic carbocycles. The van der Waals surface area contributed by atoms with Crippen molar-refractivity contribution in [2.45, 2.75) is 13.8 Å². The van der Waals surface area contributed by atoms with Crippen LogP contribution in [0.15, 0.2) is 28.9 Å². The number of aromatic nitrogens is 2. The number of aryl methyl sites for hydroxylation is 2. The van der Waals surface area contributed by atoms with Crippen LogP contribution in [0.2, 0.25) is 5.28 Å². The molecule has 0 saturated carbocycles. The van der Waals surface area contributed by atoms with Gasteiger partial charge in [-0.05, 0) is 54.8 Å². The van der Waals surface area contributed by atoms with E-state index in [4.69, 9.17) is 11.6 Å². The van der Waals surface area contributed by atoms with Crippen molar-refractivity contribution in [2.24, 2.45) is 0 Å². The Hall–Kier alpha value is -1.13. The van der Waals surface area contributed by atoms with Gasteiger partial charge in [0.25, 0.3) is 0 Å². The maximum atomic E-state index is 5.73. The maximum Gasteiger partial charge on any atom is 0.224 e. The number of benzene rings is 1. The Bertz CT molecular complexity index is 534. The van der Waals surface area contributed by atoms with Gasteiger partial charge >= 0.3 is 0 Å². The van der Waals surface area contributed by atoms with E-state index in [0.29, 0.717) is 5.82 Å². The monoisotopic (exact) mass is 311 g/mol. The number of nitrogens with zero attached hydrogens (tertiary/aromatic N) is 2. The van der Waals surface area contributed by atoms with Crippen molar-refractivity contribution < 1.29 is 0 Å². The van der Waals surface area contributed by atoms with Gasteiger partial charge in [-0.25, -0.2) is 9.97 Å². The third kappa shape index (κ3) is 2.96. The van der Waals surface area contributed by atoms with Crippen LogP contribution in [0, 0.1) is 13.8 Å². The van der Waals surface area contributed by atoms with Crippen LogP contribution in [-0.2, 0) is 0 Å². The molecule has 0 atom stereocenters. The lowest BCUT2D eigenvalue weighted by atomic mass is 10.1. The molecule has 1 heterocycles. The molecule has 0 fully saturated rings. The first-order valence-corrected chi connectivity index (χ1v) is 6.25. The smallest absolute Gasteiger partial charge is 0.224 e. The van der Waals surface area contributed by atoms with Gasteiger partial charge in [0.15, 0.2) is 0 Å². The summed E-state index contributed by atoms with van der Waals surface area (Å²) in [6.07, 6.45) is 1.62. The molecule has 0 amide bonds. The highest BCUT2D eigenvalue weighted by molar-refractivity contribution is 9.10. The quantitative estimate of drug-likeness (QED) is 0.842. The summed E-state index contributed by atoms with van der Waals surface area (Å²) >= 11 is 9.26. The van der Waals surface area contributed by atoms with E-state index in [-0.39, 0.29) is 5.28 Å². The Morgan fingerprint density at radius 2 is 1.88 bits per heavy atom. The highest BCUT2D eigenvalue weighted by Crippen LogP contribution is 2.26. The molecule has 5 heteroatoms. The second kappa shape index (κ2) is 5.02. The highest BCUT2D eigenvalue weighted by Gasteiger charge is 2.03. The zero-order chi connectivity index (χ0) is 12.4. The van der Waals surface area contributed by atoms with Crippen LogP contribution in [0.5, 0.6) is 0 Å². The van der Waals surface area contributed by atoms with Crippen molar-refractivity contribution in [2.75, 3.05) is 5.32 Å². The summed E-state index contributed by atoms with van der Waals surface area (Å²) in [4.78, 5) is 7.92. The molecule has 17 heavy (non-hydrogen) atoms. The fourth-order valence-electron chi connectivity index (χ4n) is 1.57. The predicted octanol–water partition coefficient (Wildman–Crippen LogP) is 4.25. The van der Waals surface area contributed by atoms with E-state index in [1.807, 2.05) is 12.1 Å². The number of hydrogen-bond acceptors (Lipinski definition) is 3. The first-order valence-electron chi connectivity index (χ1n) is 5.08. The standard InChI is InChI=1S/C12H11BrClN3/c1-7-5-9(6-8(2)11(7)13)16-10-3-4-15-12(14)17-10/h3-6H,1-2H3,(H,15,16,17). The Labute approximate surface area is 113 Å². The van der Waals surface area contributed by atoms with E-state index in [2.05, 4.69) is 45.1 Å². The SMILES string of the molecule is Cc1cc(Nc2ccnc(Cl)n2)cc(C)c1Br. The van der Waals surface area contributed by atoms with Crippen LogP contribution in [0.4, 0.5) is 11.5 Å². The Morgan fingerprint density at radius 1 is 1.24 bits per heavy atom. The van der Waals surface area contributed by atoms with Crippen molar-refractivity contribution in [3.63, 3.8) is 0 Å². The predicted molar refractivity (Wildman–Crippen MR) is 73.9 cm³/mol. The lowest BCUT2D eigenvalue weighted by molar-refractivity contribution is 1.17. The summed E-state index contributed by atoms with van der Waals surface area (Å²) in [6, 6.07) is 5.87. The Kier molecular flexibility index (Phi) is 3.64. The zero-order valence-corrected chi connectivity index (χ0v) is 11.8. The van der Waals surface area contributed by atoms with E-state index in [0.717, 1.165) is 10.2 Å². The number of halogens is 2. The minimum Gasteiger partial charge on any atom is -0.340 e. The molecule has 1 N–H and O–H groups in total. The topological polar surface area (TPSA) is 37.8 Å². The van der Waals surface area contributed by atoms with Crippen molar-refractivity contribution in [3.05, 3.63) is 45.3 Å². The molecule has 3 nitrogen and oxygen atoms in total. The molecule has 0 radical (unpaired) electrons. The Balaban J connectivity index is 2.31. The lowest BCUT2D eigenvalue weighted by Gasteiger charge is -2.09. The maximum absolute atomic E-state index is 5.73. The zero-order valence-electron chi connectivity index (χ0n) is 9.46. The summed E-state index contributed by atoms with van der Waals surface area (Å²) in [7, 11) is 0. The minimum atomic E-state index is 0.237. The fourth-order valence-corrected chi connectivity index (χ4v) is 1.95. The number of anilines is 2. The van der Waals surface area contributed by atoms with Crippen molar-refractivity contribution >= 4 is 39.0 Å². The van der Waals surface area contributed by atoms with Gasteiger partial charge in [-0.15, -0.1) is 0 Å². The number of hydrogen-bond donors (Lipinski definition) is 1. The average molecular weight is 313 g/mol. The summed E-state index contributed by atoms with van der Waals surface area (Å²) in [5.41, 5.74) is 3.33. The third-order valence-electron chi connectivity index (χ3n) is 2.34. The van der Waals surface area contributed by atoms with Gasteiger partial charge in [0.05, 0.1) is 0 Å². The van der Waals surface area contributed by atoms with E-state index >= 15 is 0 Å². The van der Waals surface area contributed by atoms with Crippen LogP contribution < -0.4 is 5.32 Å². The number of nitrogens with one attached hydrogen (secondary N) is 1. The molecule has 0 spiro atoms. The molecule has 0 saturated heterocycles. The van der Waals surface area contributed by atoms with Crippen LogP contribution in [-0.4, -0.2) is 9.97 Å². The van der Waals surface area contributed by atoms with Gasteiger partial charge in [0.1, 0.15) is 5.82 Å². The third-order valence-corrected chi connectivity index (χ3v) is 3.77. The van der Waals surface area contributed by atoms with E-state index in [1.54, 1.807) is 12.3 Å². The van der Waals surface area contributed by atoms with Crippen molar-refractivity contribution in [1.82, 2.24) is 9.97 Å². The van der Waals surface area contributed by atoms with Crippen molar-refractivity contribution in [3.8, 4) is 0 Å². The van der Waals surface area contributed by atoms with E-state index < -0.39 is 0 Å². The molecule has 1 aromatic heterocycles. The van der Waals surface area contributed by atoms with Gasteiger partial charge in [-0.3, -0.25) is 0 Å². The number of rotatable bonds is 2. The van der Waals surface area contributed by atoms with Gasteiger partial charge in [0, 0.05) is 16.4 Å². The average Bonchev–Trinajstić information content (AvgIpc) is 2.26. The molecule has 1 aromatic carbocycles. The largest absolute Gasteiger partial charge is 0.340 e. The molecule has 0 aliphatic heterocycles. The van der Waals surface area contributed by atoms with Gasteiger partial charge in [-0.2, -0.15) is 0 Å². The minimum absolute atomic E-state index is 0.237. The summed E-state index contributed by atoms with van der Waals surface area (Å²) in [6.45, 7) is 4.10. The summed E-state index contributed by atoms with van der Waals surface area (Å²) in [5, 5.41) is 3.43. The first-order chi connectivity index (χ1) is 8.06. The first kappa shape index (κ1) is 12.3. The second-order valence-electron chi connectivity index (χ2n) is 3.76. The lowest BCUT2D eigenvalue weighted by Crippen LogP contribution is -1.96. The van der Waals surface area contributed by atoms with Gasteiger partial charge < -0.3 is 5.32 Å².